The summed E-state index contributed by atoms with van der Waals surface area (Å²) in [5.41, 5.74) is 1.30. The van der Waals surface area contributed by atoms with E-state index < -0.39 is 11.9 Å². The number of aromatic carboxylic acids is 1. The standard InChI is InChI=1S/C16H12ClN3O4/c1-8-14(20-5-4-9(17)6-13(20)18-8)15(22)19-10-2-3-12(21)11(7-10)16(23)24/h2-7,21H,1H3,(H,19,22)(H,23,24). The lowest BCUT2D eigenvalue weighted by Crippen LogP contribution is -2.16. The fourth-order valence-corrected chi connectivity index (χ4v) is 2.54. The number of aromatic hydroxyl groups is 1. The Labute approximate surface area is 141 Å². The number of carboxylic acid groups (broad SMARTS) is 1. The molecule has 1 aromatic carbocycles. The third kappa shape index (κ3) is 2.77. The number of carbonyl (C=O) groups excluding carboxylic acids is 1. The first kappa shape index (κ1) is 15.8. The highest BCUT2D eigenvalue weighted by Gasteiger charge is 2.18. The van der Waals surface area contributed by atoms with Crippen LogP contribution in [0.1, 0.15) is 26.5 Å². The number of carboxylic acids is 1. The molecule has 0 spiro atoms. The van der Waals surface area contributed by atoms with Gasteiger partial charge in [-0.25, -0.2) is 9.78 Å². The molecule has 0 atom stereocenters. The van der Waals surface area contributed by atoms with Crippen molar-refractivity contribution in [3.05, 3.63) is 58.5 Å². The van der Waals surface area contributed by atoms with Crippen LogP contribution >= 0.6 is 11.6 Å². The van der Waals surface area contributed by atoms with Crippen molar-refractivity contribution in [1.82, 2.24) is 9.38 Å². The average Bonchev–Trinajstić information content (AvgIpc) is 2.83. The highest BCUT2D eigenvalue weighted by molar-refractivity contribution is 6.30. The smallest absolute Gasteiger partial charge is 0.339 e. The number of hydrogen-bond donors (Lipinski definition) is 3. The third-order valence-corrected chi connectivity index (χ3v) is 3.70. The Morgan fingerprint density at radius 1 is 1.25 bits per heavy atom. The molecule has 0 saturated heterocycles. The van der Waals surface area contributed by atoms with Gasteiger partial charge in [-0.2, -0.15) is 0 Å². The van der Waals surface area contributed by atoms with E-state index in [2.05, 4.69) is 10.3 Å². The van der Waals surface area contributed by atoms with E-state index >= 15 is 0 Å². The lowest BCUT2D eigenvalue weighted by molar-refractivity contribution is 0.0693. The van der Waals surface area contributed by atoms with Crippen LogP contribution in [0, 0.1) is 6.92 Å². The molecule has 3 aromatic rings. The summed E-state index contributed by atoms with van der Waals surface area (Å²) in [7, 11) is 0. The summed E-state index contributed by atoms with van der Waals surface area (Å²) >= 11 is 5.92. The summed E-state index contributed by atoms with van der Waals surface area (Å²) < 4.78 is 1.59. The van der Waals surface area contributed by atoms with E-state index in [-0.39, 0.29) is 17.0 Å². The number of rotatable bonds is 3. The van der Waals surface area contributed by atoms with Crippen LogP contribution in [0.3, 0.4) is 0 Å². The molecule has 0 radical (unpaired) electrons. The van der Waals surface area contributed by atoms with E-state index in [1.807, 2.05) is 0 Å². The van der Waals surface area contributed by atoms with Gasteiger partial charge in [0, 0.05) is 23.0 Å². The van der Waals surface area contributed by atoms with Crippen LogP contribution in [0.2, 0.25) is 5.02 Å². The van der Waals surface area contributed by atoms with Gasteiger partial charge in [-0.1, -0.05) is 11.6 Å². The van der Waals surface area contributed by atoms with Crippen molar-refractivity contribution < 1.29 is 19.8 Å². The van der Waals surface area contributed by atoms with Crippen molar-refractivity contribution in [2.45, 2.75) is 6.92 Å². The van der Waals surface area contributed by atoms with Crippen LogP contribution in [-0.4, -0.2) is 31.5 Å². The van der Waals surface area contributed by atoms with Crippen LogP contribution in [0.5, 0.6) is 5.75 Å². The topological polar surface area (TPSA) is 104 Å². The molecule has 7 nitrogen and oxygen atoms in total. The number of anilines is 1. The van der Waals surface area contributed by atoms with Gasteiger partial charge in [0.2, 0.25) is 0 Å². The Morgan fingerprint density at radius 2 is 2.00 bits per heavy atom. The second-order valence-corrected chi connectivity index (χ2v) is 5.55. The molecular weight excluding hydrogens is 334 g/mol. The number of aryl methyl sites for hydroxylation is 1. The molecule has 8 heteroatoms. The summed E-state index contributed by atoms with van der Waals surface area (Å²) in [6.07, 6.45) is 1.63. The summed E-state index contributed by atoms with van der Waals surface area (Å²) in [6, 6.07) is 7.07. The molecule has 0 aliphatic heterocycles. The molecular formula is C16H12ClN3O4. The van der Waals surface area contributed by atoms with E-state index in [0.29, 0.717) is 22.1 Å². The molecule has 0 saturated carbocycles. The molecule has 2 aromatic heterocycles. The van der Waals surface area contributed by atoms with E-state index in [9.17, 15) is 14.7 Å². The van der Waals surface area contributed by atoms with Gasteiger partial charge in [-0.15, -0.1) is 0 Å². The number of pyridine rings is 1. The van der Waals surface area contributed by atoms with Crippen molar-refractivity contribution >= 4 is 34.8 Å². The molecule has 0 bridgehead atoms. The van der Waals surface area contributed by atoms with Gasteiger partial charge in [0.1, 0.15) is 22.7 Å². The maximum atomic E-state index is 12.5. The number of nitrogens with zero attached hydrogens (tertiary/aromatic N) is 2. The first-order chi connectivity index (χ1) is 11.4. The summed E-state index contributed by atoms with van der Waals surface area (Å²) in [5.74, 6) is -2.12. The Kier molecular flexibility index (Phi) is 3.86. The molecule has 24 heavy (non-hydrogen) atoms. The van der Waals surface area contributed by atoms with Gasteiger partial charge < -0.3 is 15.5 Å². The van der Waals surface area contributed by atoms with Crippen LogP contribution in [-0.2, 0) is 0 Å². The van der Waals surface area contributed by atoms with Crippen molar-refractivity contribution in [2.75, 3.05) is 5.32 Å². The van der Waals surface area contributed by atoms with E-state index in [0.717, 1.165) is 0 Å². The summed E-state index contributed by atoms with van der Waals surface area (Å²) in [4.78, 5) is 27.9. The maximum Gasteiger partial charge on any atom is 0.339 e. The predicted octanol–water partition coefficient (Wildman–Crippen LogP) is 2.95. The zero-order valence-electron chi connectivity index (χ0n) is 12.4. The normalized spacial score (nSPS) is 10.8. The van der Waals surface area contributed by atoms with Crippen LogP contribution in [0.4, 0.5) is 5.69 Å². The monoisotopic (exact) mass is 345 g/mol. The second kappa shape index (κ2) is 5.86. The summed E-state index contributed by atoms with van der Waals surface area (Å²) in [6.45, 7) is 1.69. The quantitative estimate of drug-likeness (QED) is 0.633. The number of amides is 1. The molecule has 3 rings (SSSR count). The minimum absolute atomic E-state index is 0.249. The molecule has 0 aliphatic carbocycles. The highest BCUT2D eigenvalue weighted by Crippen LogP contribution is 2.23. The lowest BCUT2D eigenvalue weighted by Gasteiger charge is -2.08. The molecule has 0 fully saturated rings. The molecule has 3 N–H and O–H groups in total. The molecule has 0 aliphatic rings. The Hall–Kier alpha value is -3.06. The second-order valence-electron chi connectivity index (χ2n) is 5.11. The summed E-state index contributed by atoms with van der Waals surface area (Å²) in [5, 5.41) is 21.6. The zero-order valence-corrected chi connectivity index (χ0v) is 13.2. The first-order valence-corrected chi connectivity index (χ1v) is 7.26. The Balaban J connectivity index is 1.98. The fourth-order valence-electron chi connectivity index (χ4n) is 2.39. The van der Waals surface area contributed by atoms with Crippen LogP contribution in [0.15, 0.2) is 36.5 Å². The number of carbonyl (C=O) groups is 2. The molecule has 122 valence electrons. The van der Waals surface area contributed by atoms with Gasteiger partial charge in [0.15, 0.2) is 0 Å². The number of imidazole rings is 1. The van der Waals surface area contributed by atoms with Gasteiger partial charge in [-0.05, 0) is 31.2 Å². The van der Waals surface area contributed by atoms with E-state index in [1.54, 1.807) is 29.7 Å². The number of fused-ring (bicyclic) bond motifs is 1. The van der Waals surface area contributed by atoms with Crippen LogP contribution in [0.25, 0.3) is 5.65 Å². The Bertz CT molecular complexity index is 981. The number of nitrogens with one attached hydrogen (secondary N) is 1. The van der Waals surface area contributed by atoms with Crippen molar-refractivity contribution in [3.8, 4) is 5.75 Å². The lowest BCUT2D eigenvalue weighted by atomic mass is 10.1. The number of phenols is 1. The van der Waals surface area contributed by atoms with Crippen LogP contribution < -0.4 is 5.32 Å². The zero-order chi connectivity index (χ0) is 17.4. The minimum Gasteiger partial charge on any atom is -0.507 e. The van der Waals surface area contributed by atoms with E-state index in [4.69, 9.17) is 16.7 Å². The Morgan fingerprint density at radius 3 is 2.71 bits per heavy atom. The van der Waals surface area contributed by atoms with Crippen molar-refractivity contribution in [1.29, 1.82) is 0 Å². The van der Waals surface area contributed by atoms with Gasteiger partial charge in [-0.3, -0.25) is 9.20 Å². The average molecular weight is 346 g/mol. The minimum atomic E-state index is -1.29. The largest absolute Gasteiger partial charge is 0.507 e. The number of aromatic nitrogens is 2. The van der Waals surface area contributed by atoms with Gasteiger partial charge >= 0.3 is 5.97 Å². The fraction of sp³-hybridized carbons (Fsp3) is 0.0625. The molecule has 0 unspecified atom stereocenters. The maximum absolute atomic E-state index is 12.5. The van der Waals surface area contributed by atoms with Gasteiger partial charge in [0.25, 0.3) is 5.91 Å². The SMILES string of the molecule is Cc1nc2cc(Cl)ccn2c1C(=O)Nc1ccc(O)c(C(=O)O)c1. The highest BCUT2D eigenvalue weighted by atomic mass is 35.5. The van der Waals surface area contributed by atoms with Gasteiger partial charge in [0.05, 0.1) is 5.69 Å². The number of halogens is 1. The molecule has 1 amide bonds. The first-order valence-electron chi connectivity index (χ1n) is 6.88. The predicted molar refractivity (Wildman–Crippen MR) is 88.0 cm³/mol. The van der Waals surface area contributed by atoms with Crippen molar-refractivity contribution in [3.63, 3.8) is 0 Å². The number of benzene rings is 1. The molecule has 2 heterocycles. The number of hydrogen-bond acceptors (Lipinski definition) is 4. The third-order valence-electron chi connectivity index (χ3n) is 3.46. The van der Waals surface area contributed by atoms with Crippen molar-refractivity contribution in [2.24, 2.45) is 0 Å². The van der Waals surface area contributed by atoms with E-state index in [1.165, 1.54) is 18.2 Å².